The number of carbonyl (C=O) groups excluding carboxylic acids is 1. The number of pyridine rings is 1. The number of rotatable bonds is 2. The molecule has 1 aromatic heterocycles. The minimum atomic E-state index is -1.39. The van der Waals surface area contributed by atoms with E-state index < -0.39 is 5.97 Å². The normalized spacial score (nSPS) is 10.9. The molecule has 0 radical (unpaired) electrons. The van der Waals surface area contributed by atoms with Crippen molar-refractivity contribution in [3.8, 4) is 0 Å². The average Bonchev–Trinajstić information content (AvgIpc) is 2.29. The van der Waals surface area contributed by atoms with Crippen molar-refractivity contribution < 1.29 is 9.90 Å². The molecular weight excluding hydrogens is 296 g/mol. The van der Waals surface area contributed by atoms with Gasteiger partial charge in [-0.15, -0.1) is 11.6 Å². The van der Waals surface area contributed by atoms with Crippen molar-refractivity contribution in [2.75, 3.05) is 0 Å². The highest BCUT2D eigenvalue weighted by Gasteiger charge is 2.15. The number of nitrogens with zero attached hydrogens (tertiary/aromatic N) is 1. The van der Waals surface area contributed by atoms with Crippen molar-refractivity contribution in [3.05, 3.63) is 39.0 Å². The van der Waals surface area contributed by atoms with Crippen molar-refractivity contribution >= 4 is 51.7 Å². The monoisotopic (exact) mass is 302 g/mol. The third-order valence-electron chi connectivity index (χ3n) is 2.67. The van der Waals surface area contributed by atoms with Gasteiger partial charge in [0.1, 0.15) is 5.15 Å². The van der Waals surface area contributed by atoms with Crippen LogP contribution >= 0.6 is 34.8 Å². The van der Waals surface area contributed by atoms with Gasteiger partial charge in [0.2, 0.25) is 0 Å². The van der Waals surface area contributed by atoms with Gasteiger partial charge >= 0.3 is 0 Å². The molecule has 0 unspecified atom stereocenters. The number of benzene rings is 1. The number of carboxylic acid groups (broad SMARTS) is 1. The van der Waals surface area contributed by atoms with Crippen LogP contribution < -0.4 is 5.11 Å². The first kappa shape index (κ1) is 13.4. The first-order valence-corrected chi connectivity index (χ1v) is 6.30. The van der Waals surface area contributed by atoms with Crippen LogP contribution in [0.4, 0.5) is 0 Å². The van der Waals surface area contributed by atoms with Gasteiger partial charge in [-0.05, 0) is 30.2 Å². The van der Waals surface area contributed by atoms with Crippen molar-refractivity contribution in [1.82, 2.24) is 4.98 Å². The first-order valence-electron chi connectivity index (χ1n) is 5.01. The minimum absolute atomic E-state index is 0.00310. The van der Waals surface area contributed by atoms with Crippen LogP contribution in [0.15, 0.2) is 12.1 Å². The largest absolute Gasteiger partial charge is 0.545 e. The molecule has 0 fully saturated rings. The summed E-state index contributed by atoms with van der Waals surface area (Å²) in [5, 5.41) is 12.1. The van der Waals surface area contributed by atoms with E-state index >= 15 is 0 Å². The molecule has 3 nitrogen and oxygen atoms in total. The molecule has 0 N–H and O–H groups in total. The van der Waals surface area contributed by atoms with Crippen molar-refractivity contribution in [2.45, 2.75) is 12.8 Å². The van der Waals surface area contributed by atoms with Gasteiger partial charge in [0, 0.05) is 21.9 Å². The summed E-state index contributed by atoms with van der Waals surface area (Å²) in [6.45, 7) is 1.81. The lowest BCUT2D eigenvalue weighted by Crippen LogP contribution is -2.24. The van der Waals surface area contributed by atoms with Gasteiger partial charge in [0.15, 0.2) is 0 Å². The number of aromatic carboxylic acids is 1. The Morgan fingerprint density at radius 2 is 2.06 bits per heavy atom. The number of carboxylic acids is 1. The number of aromatic nitrogens is 1. The Morgan fingerprint density at radius 3 is 2.61 bits per heavy atom. The van der Waals surface area contributed by atoms with Crippen LogP contribution in [-0.2, 0) is 5.88 Å². The van der Waals surface area contributed by atoms with E-state index in [1.807, 2.05) is 6.92 Å². The van der Waals surface area contributed by atoms with Crippen LogP contribution in [0, 0.1) is 6.92 Å². The van der Waals surface area contributed by atoms with Gasteiger partial charge < -0.3 is 9.90 Å². The summed E-state index contributed by atoms with van der Waals surface area (Å²) >= 11 is 17.6. The lowest BCUT2D eigenvalue weighted by molar-refractivity contribution is -0.255. The van der Waals surface area contributed by atoms with Crippen LogP contribution in [0.2, 0.25) is 10.2 Å². The van der Waals surface area contributed by atoms with Crippen molar-refractivity contribution in [2.24, 2.45) is 0 Å². The fourth-order valence-electron chi connectivity index (χ4n) is 1.77. The van der Waals surface area contributed by atoms with E-state index in [1.54, 1.807) is 12.1 Å². The van der Waals surface area contributed by atoms with Gasteiger partial charge in [-0.25, -0.2) is 4.98 Å². The first-order chi connectivity index (χ1) is 8.45. The lowest BCUT2D eigenvalue weighted by Gasteiger charge is -2.14. The highest BCUT2D eigenvalue weighted by Crippen LogP contribution is 2.31. The average molecular weight is 304 g/mol. The Balaban J connectivity index is 2.94. The molecule has 6 heteroatoms. The zero-order valence-electron chi connectivity index (χ0n) is 9.26. The smallest absolute Gasteiger partial charge is 0.139 e. The molecule has 1 aromatic carbocycles. The fourth-order valence-corrected chi connectivity index (χ4v) is 2.49. The van der Waals surface area contributed by atoms with Gasteiger partial charge in [0.25, 0.3) is 0 Å². The van der Waals surface area contributed by atoms with E-state index in [0.29, 0.717) is 21.5 Å². The molecule has 0 atom stereocenters. The summed E-state index contributed by atoms with van der Waals surface area (Å²) < 4.78 is 0. The summed E-state index contributed by atoms with van der Waals surface area (Å²) in [6.07, 6.45) is 0. The van der Waals surface area contributed by atoms with E-state index in [9.17, 15) is 9.90 Å². The molecule has 2 rings (SSSR count). The summed E-state index contributed by atoms with van der Waals surface area (Å²) in [7, 11) is 0. The standard InChI is InChI=1S/C12H8Cl3NO2/c1-5-2-6-7(4-13)10(12(17)18)11(15)16-9(6)3-8(5)14/h2-3H,4H2,1H3,(H,17,18)/p-1. The second-order valence-electron chi connectivity index (χ2n) is 3.80. The maximum atomic E-state index is 11.1. The third kappa shape index (κ3) is 2.14. The Bertz CT molecular complexity index is 656. The second kappa shape index (κ2) is 4.92. The molecular formula is C12H7Cl3NO2-. The lowest BCUT2D eigenvalue weighted by atomic mass is 10.0. The van der Waals surface area contributed by atoms with Gasteiger partial charge in [-0.3, -0.25) is 0 Å². The Hall–Kier alpha value is -1.03. The van der Waals surface area contributed by atoms with Crippen LogP contribution in [-0.4, -0.2) is 11.0 Å². The zero-order chi connectivity index (χ0) is 13.4. The summed E-state index contributed by atoms with van der Waals surface area (Å²) in [6, 6.07) is 3.37. The molecule has 0 aliphatic heterocycles. The molecule has 0 amide bonds. The van der Waals surface area contributed by atoms with Gasteiger partial charge in [0.05, 0.1) is 11.5 Å². The molecule has 0 saturated carbocycles. The summed E-state index contributed by atoms with van der Waals surface area (Å²) in [5.74, 6) is -1.39. The molecule has 94 valence electrons. The maximum absolute atomic E-state index is 11.1. The van der Waals surface area contributed by atoms with Crippen LogP contribution in [0.25, 0.3) is 10.9 Å². The van der Waals surface area contributed by atoms with Crippen LogP contribution in [0.5, 0.6) is 0 Å². The highest BCUT2D eigenvalue weighted by atomic mass is 35.5. The minimum Gasteiger partial charge on any atom is -0.545 e. The topological polar surface area (TPSA) is 53.0 Å². The quantitative estimate of drug-likeness (QED) is 0.633. The highest BCUT2D eigenvalue weighted by molar-refractivity contribution is 6.34. The van der Waals surface area contributed by atoms with Crippen LogP contribution in [0.1, 0.15) is 21.5 Å². The number of fused-ring (bicyclic) bond motifs is 1. The SMILES string of the molecule is Cc1cc2c(CCl)c(C(=O)[O-])c(Cl)nc2cc1Cl. The molecule has 0 spiro atoms. The number of carbonyl (C=O) groups is 1. The number of hydrogen-bond acceptors (Lipinski definition) is 3. The van der Waals surface area contributed by atoms with Crippen molar-refractivity contribution in [1.29, 1.82) is 0 Å². The van der Waals surface area contributed by atoms with Gasteiger partial charge in [-0.2, -0.15) is 0 Å². The Labute approximate surface area is 118 Å². The third-order valence-corrected chi connectivity index (χ3v) is 3.61. The van der Waals surface area contributed by atoms with E-state index in [4.69, 9.17) is 34.8 Å². The molecule has 0 aliphatic carbocycles. The zero-order valence-corrected chi connectivity index (χ0v) is 11.5. The molecule has 18 heavy (non-hydrogen) atoms. The molecule has 0 bridgehead atoms. The van der Waals surface area contributed by atoms with Crippen LogP contribution in [0.3, 0.4) is 0 Å². The van der Waals surface area contributed by atoms with E-state index in [2.05, 4.69) is 4.98 Å². The van der Waals surface area contributed by atoms with E-state index in [0.717, 1.165) is 5.56 Å². The number of halogens is 3. The maximum Gasteiger partial charge on any atom is 0.139 e. The second-order valence-corrected chi connectivity index (χ2v) is 4.83. The Kier molecular flexibility index (Phi) is 3.66. The van der Waals surface area contributed by atoms with E-state index in [-0.39, 0.29) is 16.6 Å². The molecule has 1 heterocycles. The summed E-state index contributed by atoms with van der Waals surface area (Å²) in [4.78, 5) is 15.1. The van der Waals surface area contributed by atoms with E-state index in [1.165, 1.54) is 0 Å². The van der Waals surface area contributed by atoms with Crippen molar-refractivity contribution in [3.63, 3.8) is 0 Å². The summed E-state index contributed by atoms with van der Waals surface area (Å²) in [5.41, 5.74) is 1.55. The molecule has 0 aliphatic rings. The number of alkyl halides is 1. The molecule has 0 saturated heterocycles. The van der Waals surface area contributed by atoms with Gasteiger partial charge in [-0.1, -0.05) is 23.2 Å². The fraction of sp³-hybridized carbons (Fsp3) is 0.167. The number of aryl methyl sites for hydroxylation is 1. The predicted molar refractivity (Wildman–Crippen MR) is 70.4 cm³/mol. The Morgan fingerprint density at radius 1 is 1.39 bits per heavy atom. The number of hydrogen-bond donors (Lipinski definition) is 0. The molecule has 2 aromatic rings. The predicted octanol–water partition coefficient (Wildman–Crippen LogP) is 2.95.